The number of aromatic nitrogens is 1. The predicted octanol–water partition coefficient (Wildman–Crippen LogP) is 2.25. The predicted molar refractivity (Wildman–Crippen MR) is 76.8 cm³/mol. The highest BCUT2D eigenvalue weighted by molar-refractivity contribution is 9.10. The molecule has 0 unspecified atom stereocenters. The van der Waals surface area contributed by atoms with E-state index >= 15 is 0 Å². The largest absolute Gasteiger partial charge is 0.385 e. The summed E-state index contributed by atoms with van der Waals surface area (Å²) in [7, 11) is 1.86. The van der Waals surface area contributed by atoms with E-state index in [4.69, 9.17) is 0 Å². The van der Waals surface area contributed by atoms with Gasteiger partial charge in [0.2, 0.25) is 0 Å². The molecule has 19 heavy (non-hydrogen) atoms. The van der Waals surface area contributed by atoms with E-state index < -0.39 is 6.10 Å². The van der Waals surface area contributed by atoms with E-state index in [0.717, 1.165) is 10.2 Å². The fourth-order valence-electron chi connectivity index (χ4n) is 1.86. The van der Waals surface area contributed by atoms with Crippen LogP contribution >= 0.6 is 15.9 Å². The number of amides is 1. The molecular weight excluding hydrogens is 308 g/mol. The number of benzene rings is 1. The van der Waals surface area contributed by atoms with Gasteiger partial charge in [0.1, 0.15) is 6.10 Å². The van der Waals surface area contributed by atoms with Crippen molar-refractivity contribution in [3.05, 3.63) is 58.3 Å². The number of nitrogens with zero attached hydrogens (tertiary/aromatic N) is 1. The van der Waals surface area contributed by atoms with Crippen LogP contribution in [0.1, 0.15) is 22.2 Å². The van der Waals surface area contributed by atoms with Gasteiger partial charge in [-0.2, -0.15) is 0 Å². The van der Waals surface area contributed by atoms with Crippen LogP contribution in [-0.2, 0) is 7.05 Å². The third-order valence-electron chi connectivity index (χ3n) is 2.90. The maximum atomic E-state index is 12.0. The number of aliphatic hydroxyl groups excluding tert-OH is 1. The summed E-state index contributed by atoms with van der Waals surface area (Å²) in [6, 6.07) is 10.9. The Bertz CT molecular complexity index is 580. The molecule has 1 aromatic carbocycles. The average molecular weight is 323 g/mol. The number of rotatable bonds is 4. The van der Waals surface area contributed by atoms with Gasteiger partial charge in [-0.1, -0.05) is 12.1 Å². The average Bonchev–Trinajstić information content (AvgIpc) is 2.82. The van der Waals surface area contributed by atoms with Gasteiger partial charge in [0.15, 0.2) is 0 Å². The van der Waals surface area contributed by atoms with Gasteiger partial charge >= 0.3 is 0 Å². The molecule has 2 N–H and O–H groups in total. The van der Waals surface area contributed by atoms with E-state index in [1.54, 1.807) is 12.1 Å². The van der Waals surface area contributed by atoms with Gasteiger partial charge in [-0.3, -0.25) is 4.79 Å². The van der Waals surface area contributed by atoms with E-state index in [1.165, 1.54) is 0 Å². The summed E-state index contributed by atoms with van der Waals surface area (Å²) >= 11 is 3.33. The van der Waals surface area contributed by atoms with Gasteiger partial charge < -0.3 is 15.0 Å². The Labute approximate surface area is 120 Å². The van der Waals surface area contributed by atoms with Crippen LogP contribution in [0.3, 0.4) is 0 Å². The van der Waals surface area contributed by atoms with Crippen LogP contribution in [0.2, 0.25) is 0 Å². The zero-order valence-electron chi connectivity index (χ0n) is 10.5. The second-order valence-corrected chi connectivity index (χ2v) is 5.10. The first kappa shape index (κ1) is 13.8. The van der Waals surface area contributed by atoms with Crippen molar-refractivity contribution in [2.75, 3.05) is 6.54 Å². The Hall–Kier alpha value is -1.59. The van der Waals surface area contributed by atoms with Crippen LogP contribution < -0.4 is 5.32 Å². The first-order valence-electron chi connectivity index (χ1n) is 5.91. The van der Waals surface area contributed by atoms with Crippen LogP contribution in [0.4, 0.5) is 0 Å². The van der Waals surface area contributed by atoms with Crippen molar-refractivity contribution in [3.63, 3.8) is 0 Å². The lowest BCUT2D eigenvalue weighted by atomic mass is 10.2. The second kappa shape index (κ2) is 6.04. The summed E-state index contributed by atoms with van der Waals surface area (Å²) in [6.07, 6.45) is 1.14. The van der Waals surface area contributed by atoms with Crippen molar-refractivity contribution < 1.29 is 9.90 Å². The highest BCUT2D eigenvalue weighted by Crippen LogP contribution is 2.16. The number of halogens is 1. The number of carbonyl (C=O) groups is 1. The van der Waals surface area contributed by atoms with Gasteiger partial charge in [-0.25, -0.2) is 0 Å². The maximum Gasteiger partial charge on any atom is 0.252 e. The van der Waals surface area contributed by atoms with Crippen molar-refractivity contribution >= 4 is 21.8 Å². The van der Waals surface area contributed by atoms with Crippen molar-refractivity contribution in [1.29, 1.82) is 0 Å². The zero-order valence-corrected chi connectivity index (χ0v) is 12.1. The minimum atomic E-state index is -0.716. The summed E-state index contributed by atoms with van der Waals surface area (Å²) in [5.41, 5.74) is 1.33. The van der Waals surface area contributed by atoms with Gasteiger partial charge in [0.05, 0.1) is 5.56 Å². The number of carbonyl (C=O) groups excluding carboxylic acids is 1. The van der Waals surface area contributed by atoms with Crippen molar-refractivity contribution in [2.45, 2.75) is 6.10 Å². The Morgan fingerprint density at radius 2 is 2.11 bits per heavy atom. The molecule has 0 radical (unpaired) electrons. The number of aliphatic hydroxyl groups is 1. The molecule has 0 saturated heterocycles. The Kier molecular flexibility index (Phi) is 4.39. The lowest BCUT2D eigenvalue weighted by Crippen LogP contribution is -2.29. The molecule has 2 aromatic rings. The fraction of sp³-hybridized carbons (Fsp3) is 0.214. The molecule has 0 spiro atoms. The molecule has 0 aliphatic heterocycles. The fourth-order valence-corrected chi connectivity index (χ4v) is 2.32. The summed E-state index contributed by atoms with van der Waals surface area (Å²) in [5, 5.41) is 12.7. The van der Waals surface area contributed by atoms with E-state index in [2.05, 4.69) is 21.2 Å². The van der Waals surface area contributed by atoms with E-state index in [-0.39, 0.29) is 12.5 Å². The van der Waals surface area contributed by atoms with Gasteiger partial charge in [-0.05, 0) is 40.2 Å². The molecule has 1 atom stereocenters. The molecule has 2 rings (SSSR count). The van der Waals surface area contributed by atoms with Crippen molar-refractivity contribution in [2.24, 2.45) is 7.05 Å². The topological polar surface area (TPSA) is 54.3 Å². The van der Waals surface area contributed by atoms with E-state index in [1.807, 2.05) is 42.1 Å². The van der Waals surface area contributed by atoms with Crippen molar-refractivity contribution in [3.8, 4) is 0 Å². The van der Waals surface area contributed by atoms with Crippen LogP contribution in [0, 0.1) is 0 Å². The molecule has 0 bridgehead atoms. The molecule has 0 aliphatic carbocycles. The van der Waals surface area contributed by atoms with Crippen LogP contribution in [-0.4, -0.2) is 22.1 Å². The normalized spacial score (nSPS) is 12.2. The third kappa shape index (κ3) is 3.24. The Morgan fingerprint density at radius 3 is 2.74 bits per heavy atom. The summed E-state index contributed by atoms with van der Waals surface area (Å²) in [6.45, 7) is 0.179. The summed E-state index contributed by atoms with van der Waals surface area (Å²) < 4.78 is 2.57. The monoisotopic (exact) mass is 322 g/mol. The molecule has 0 aliphatic rings. The molecule has 5 heteroatoms. The molecule has 0 saturated carbocycles. The Balaban J connectivity index is 1.98. The molecule has 1 amide bonds. The number of hydrogen-bond donors (Lipinski definition) is 2. The number of nitrogens with one attached hydrogen (secondary N) is 1. The molecule has 4 nitrogen and oxygen atoms in total. The number of aryl methyl sites for hydroxylation is 1. The maximum absolute atomic E-state index is 12.0. The minimum absolute atomic E-state index is 0.179. The highest BCUT2D eigenvalue weighted by Gasteiger charge is 2.14. The lowest BCUT2D eigenvalue weighted by Gasteiger charge is -2.13. The van der Waals surface area contributed by atoms with E-state index in [0.29, 0.717) is 5.56 Å². The van der Waals surface area contributed by atoms with Crippen LogP contribution in [0.15, 0.2) is 47.1 Å². The first-order chi connectivity index (χ1) is 9.09. The smallest absolute Gasteiger partial charge is 0.252 e. The van der Waals surface area contributed by atoms with Gasteiger partial charge in [-0.15, -0.1) is 0 Å². The summed E-state index contributed by atoms with van der Waals surface area (Å²) in [4.78, 5) is 12.0. The molecule has 100 valence electrons. The van der Waals surface area contributed by atoms with Crippen molar-refractivity contribution in [1.82, 2.24) is 9.88 Å². The van der Waals surface area contributed by atoms with Crippen LogP contribution in [0.5, 0.6) is 0 Å². The first-order valence-corrected chi connectivity index (χ1v) is 6.71. The Morgan fingerprint density at radius 1 is 1.37 bits per heavy atom. The third-order valence-corrected chi connectivity index (χ3v) is 3.59. The van der Waals surface area contributed by atoms with E-state index in [9.17, 15) is 9.90 Å². The summed E-state index contributed by atoms with van der Waals surface area (Å²) in [5.74, 6) is -0.208. The number of hydrogen-bond acceptors (Lipinski definition) is 2. The highest BCUT2D eigenvalue weighted by atomic mass is 79.9. The molecular formula is C14H15BrN2O2. The minimum Gasteiger partial charge on any atom is -0.385 e. The van der Waals surface area contributed by atoms with Gasteiger partial charge in [0, 0.05) is 30.0 Å². The standard InChI is InChI=1S/C14H15BrN2O2/c1-17-8-4-7-12(17)13(18)9-16-14(19)10-5-2-3-6-11(10)15/h2-8,13,18H,9H2,1H3,(H,16,19)/t13-/m1/s1. The zero-order chi connectivity index (χ0) is 13.8. The second-order valence-electron chi connectivity index (χ2n) is 4.25. The molecule has 1 aromatic heterocycles. The quantitative estimate of drug-likeness (QED) is 0.907. The lowest BCUT2D eigenvalue weighted by molar-refractivity contribution is 0.0911. The molecule has 1 heterocycles. The molecule has 0 fully saturated rings. The van der Waals surface area contributed by atoms with Crippen LogP contribution in [0.25, 0.3) is 0 Å². The SMILES string of the molecule is Cn1cccc1[C@H](O)CNC(=O)c1ccccc1Br. The van der Waals surface area contributed by atoms with Gasteiger partial charge in [0.25, 0.3) is 5.91 Å².